The number of carboxylic acids is 1. The number of carbonyl (C=O) groups is 3. The molecule has 0 aliphatic rings. The van der Waals surface area contributed by atoms with E-state index >= 15 is 0 Å². The molecule has 0 bridgehead atoms. The van der Waals surface area contributed by atoms with Gasteiger partial charge in [-0.2, -0.15) is 0 Å². The van der Waals surface area contributed by atoms with Crippen molar-refractivity contribution in [1.82, 2.24) is 0 Å². The lowest BCUT2D eigenvalue weighted by Crippen LogP contribution is -2.34. The predicted octanol–water partition coefficient (Wildman–Crippen LogP) is 11.1. The van der Waals surface area contributed by atoms with Crippen molar-refractivity contribution in [2.24, 2.45) is 5.73 Å². The van der Waals surface area contributed by atoms with Crippen molar-refractivity contribution in [3.8, 4) is 0 Å². The number of carboxylic acid groups (broad SMARTS) is 1. The van der Waals surface area contributed by atoms with E-state index < -0.39 is 51.1 Å². The van der Waals surface area contributed by atoms with Gasteiger partial charge in [0.15, 0.2) is 6.10 Å². The number of unbranched alkanes of at least 4 members (excludes halogenated alkanes) is 22. The third-order valence-corrected chi connectivity index (χ3v) is 10.1. The van der Waals surface area contributed by atoms with Gasteiger partial charge < -0.3 is 25.2 Å². The second-order valence-corrected chi connectivity index (χ2v) is 15.9. The molecule has 0 saturated heterocycles. The lowest BCUT2D eigenvalue weighted by molar-refractivity contribution is -0.161. The third kappa shape index (κ3) is 36.9. The fourth-order valence-electron chi connectivity index (χ4n) is 5.75. The Morgan fingerprint density at radius 1 is 0.556 bits per heavy atom. The van der Waals surface area contributed by atoms with Gasteiger partial charge in [-0.25, -0.2) is 4.57 Å². The Bertz CT molecular complexity index is 1020. The molecule has 11 nitrogen and oxygen atoms in total. The summed E-state index contributed by atoms with van der Waals surface area (Å²) in [6.45, 7) is 2.75. The predicted molar refractivity (Wildman–Crippen MR) is 217 cm³/mol. The summed E-state index contributed by atoms with van der Waals surface area (Å²) in [5.74, 6) is -2.39. The van der Waals surface area contributed by atoms with E-state index in [1.54, 1.807) is 0 Å². The Balaban J connectivity index is 4.32. The van der Waals surface area contributed by atoms with E-state index in [4.69, 9.17) is 24.8 Å². The molecule has 0 aromatic carbocycles. The van der Waals surface area contributed by atoms with Gasteiger partial charge in [0, 0.05) is 12.8 Å². The van der Waals surface area contributed by atoms with E-state index in [1.807, 2.05) is 0 Å². The molecule has 0 heterocycles. The van der Waals surface area contributed by atoms with Gasteiger partial charge in [0.1, 0.15) is 12.6 Å². The van der Waals surface area contributed by atoms with Crippen LogP contribution in [-0.2, 0) is 37.5 Å². The molecule has 0 rings (SSSR count). The van der Waals surface area contributed by atoms with Crippen LogP contribution in [0.1, 0.15) is 194 Å². The summed E-state index contributed by atoms with van der Waals surface area (Å²) in [5.41, 5.74) is 5.32. The number of allylic oxidation sites excluding steroid dienone is 4. The molecular weight excluding hydrogens is 709 g/mol. The molecule has 0 aliphatic heterocycles. The first-order valence-corrected chi connectivity index (χ1v) is 22.9. The second-order valence-electron chi connectivity index (χ2n) is 14.5. The van der Waals surface area contributed by atoms with Gasteiger partial charge in [0.2, 0.25) is 0 Å². The highest BCUT2D eigenvalue weighted by Gasteiger charge is 2.28. The molecule has 316 valence electrons. The Morgan fingerprint density at radius 3 is 1.41 bits per heavy atom. The topological polar surface area (TPSA) is 172 Å². The molecule has 12 heteroatoms. The van der Waals surface area contributed by atoms with Crippen molar-refractivity contribution in [1.29, 1.82) is 0 Å². The monoisotopic (exact) mass is 788 g/mol. The van der Waals surface area contributed by atoms with Crippen LogP contribution in [0.15, 0.2) is 24.3 Å². The third-order valence-electron chi connectivity index (χ3n) is 9.17. The maximum Gasteiger partial charge on any atom is 0.472 e. The van der Waals surface area contributed by atoms with Gasteiger partial charge >= 0.3 is 25.7 Å². The van der Waals surface area contributed by atoms with Crippen LogP contribution >= 0.6 is 7.82 Å². The molecule has 3 unspecified atom stereocenters. The molecule has 0 amide bonds. The van der Waals surface area contributed by atoms with Crippen LogP contribution in [0, 0.1) is 0 Å². The molecule has 0 radical (unpaired) electrons. The first-order valence-electron chi connectivity index (χ1n) is 21.4. The number of hydrogen-bond donors (Lipinski definition) is 3. The van der Waals surface area contributed by atoms with Crippen LogP contribution < -0.4 is 5.73 Å². The van der Waals surface area contributed by atoms with Crippen molar-refractivity contribution in [2.75, 3.05) is 19.8 Å². The number of esters is 2. The number of rotatable bonds is 40. The molecule has 3 atom stereocenters. The SMILES string of the molecule is CCCC/C=C\CCCCCCCC(=O)OCC(COP(=O)(O)OCC(N)C(=O)O)OC(=O)CCCCCCCCCCC/C=C\CCCCCCCC. The van der Waals surface area contributed by atoms with Crippen LogP contribution in [0.2, 0.25) is 0 Å². The van der Waals surface area contributed by atoms with Crippen LogP contribution in [0.4, 0.5) is 0 Å². The molecule has 0 aromatic heterocycles. The van der Waals surface area contributed by atoms with E-state index in [1.165, 1.54) is 96.3 Å². The fraction of sp³-hybridized carbons (Fsp3) is 0.833. The van der Waals surface area contributed by atoms with Gasteiger partial charge in [-0.3, -0.25) is 23.4 Å². The maximum absolute atomic E-state index is 12.6. The van der Waals surface area contributed by atoms with Gasteiger partial charge in [-0.15, -0.1) is 0 Å². The molecular formula is C42H78NO10P. The smallest absolute Gasteiger partial charge is 0.472 e. The maximum atomic E-state index is 12.6. The van der Waals surface area contributed by atoms with Gasteiger partial charge in [-0.1, -0.05) is 147 Å². The zero-order valence-corrected chi connectivity index (χ0v) is 35.0. The average molecular weight is 788 g/mol. The molecule has 0 saturated carbocycles. The summed E-state index contributed by atoms with van der Waals surface area (Å²) in [4.78, 5) is 45.8. The molecule has 0 aromatic rings. The van der Waals surface area contributed by atoms with Crippen LogP contribution in [0.5, 0.6) is 0 Å². The van der Waals surface area contributed by atoms with Crippen LogP contribution in [0.3, 0.4) is 0 Å². The number of nitrogens with two attached hydrogens (primary N) is 1. The highest BCUT2D eigenvalue weighted by atomic mass is 31.2. The average Bonchev–Trinajstić information content (AvgIpc) is 3.14. The Kier molecular flexibility index (Phi) is 36.4. The van der Waals surface area contributed by atoms with Crippen LogP contribution in [0.25, 0.3) is 0 Å². The Labute approximate surface area is 328 Å². The van der Waals surface area contributed by atoms with Crippen molar-refractivity contribution < 1.29 is 47.5 Å². The quantitative estimate of drug-likeness (QED) is 0.0233. The normalized spacial score (nSPS) is 14.0. The van der Waals surface area contributed by atoms with Gasteiger partial charge in [0.05, 0.1) is 13.2 Å². The van der Waals surface area contributed by atoms with Crippen molar-refractivity contribution in [3.63, 3.8) is 0 Å². The molecule has 0 spiro atoms. The summed E-state index contributed by atoms with van der Waals surface area (Å²) < 4.78 is 32.6. The van der Waals surface area contributed by atoms with Crippen molar-refractivity contribution in [2.45, 2.75) is 206 Å². The minimum atomic E-state index is -4.71. The van der Waals surface area contributed by atoms with E-state index in [0.717, 1.165) is 57.8 Å². The first kappa shape index (κ1) is 52.0. The van der Waals surface area contributed by atoms with E-state index in [9.17, 15) is 23.8 Å². The molecule has 4 N–H and O–H groups in total. The minimum absolute atomic E-state index is 0.159. The van der Waals surface area contributed by atoms with E-state index in [0.29, 0.717) is 12.8 Å². The van der Waals surface area contributed by atoms with E-state index in [2.05, 4.69) is 42.7 Å². The summed E-state index contributed by atoms with van der Waals surface area (Å²) in [5, 5.41) is 8.87. The number of hydrogen-bond acceptors (Lipinski definition) is 9. The van der Waals surface area contributed by atoms with Gasteiger partial charge in [0.25, 0.3) is 0 Å². The number of aliphatic carboxylic acids is 1. The fourth-order valence-corrected chi connectivity index (χ4v) is 6.52. The summed E-state index contributed by atoms with van der Waals surface area (Å²) in [7, 11) is -4.71. The van der Waals surface area contributed by atoms with Crippen molar-refractivity contribution >= 4 is 25.7 Å². The zero-order chi connectivity index (χ0) is 40.0. The summed E-state index contributed by atoms with van der Waals surface area (Å²) in [6, 6.07) is -1.52. The Morgan fingerprint density at radius 2 is 0.944 bits per heavy atom. The van der Waals surface area contributed by atoms with Crippen LogP contribution in [-0.4, -0.2) is 59.9 Å². The highest BCUT2D eigenvalue weighted by molar-refractivity contribution is 7.47. The number of phosphoric acid groups is 1. The van der Waals surface area contributed by atoms with E-state index in [-0.39, 0.29) is 19.4 Å². The van der Waals surface area contributed by atoms with Gasteiger partial charge in [-0.05, 0) is 57.8 Å². The molecule has 0 fully saturated rings. The minimum Gasteiger partial charge on any atom is -0.480 e. The molecule has 0 aliphatic carbocycles. The summed E-state index contributed by atoms with van der Waals surface area (Å²) >= 11 is 0. The highest BCUT2D eigenvalue weighted by Crippen LogP contribution is 2.43. The largest absolute Gasteiger partial charge is 0.480 e. The first-order chi connectivity index (χ1) is 26.1. The number of phosphoric ester groups is 1. The Hall–Kier alpha value is -2.04. The number of ether oxygens (including phenoxy) is 2. The lowest BCUT2D eigenvalue weighted by Gasteiger charge is -2.20. The zero-order valence-electron chi connectivity index (χ0n) is 34.1. The standard InChI is InChI=1S/C42H78NO10P/c1-3-5-7-9-11-13-15-16-17-18-19-20-21-22-24-26-28-30-32-34-41(45)53-38(36-51-54(48,49)52-37-39(43)42(46)47)35-50-40(44)33-31-29-27-25-23-14-12-10-8-6-4-2/h10,12,16-17,38-39H,3-9,11,13-15,18-37,43H2,1-2H3,(H,46,47)(H,48,49)/b12-10-,17-16-. The second kappa shape index (κ2) is 37.9. The number of carbonyl (C=O) groups excluding carboxylic acids is 2. The van der Waals surface area contributed by atoms with Crippen molar-refractivity contribution in [3.05, 3.63) is 24.3 Å². The lowest BCUT2D eigenvalue weighted by atomic mass is 10.1. The molecule has 54 heavy (non-hydrogen) atoms. The summed E-state index contributed by atoms with van der Waals surface area (Å²) in [6.07, 6.45) is 38.2.